The first-order valence-electron chi connectivity index (χ1n) is 6.78. The Morgan fingerprint density at radius 3 is 1.12 bits per heavy atom. The van der Waals surface area contributed by atoms with Gasteiger partial charge in [-0.2, -0.15) is 14.1 Å². The summed E-state index contributed by atoms with van der Waals surface area (Å²) >= 11 is 0. The van der Waals surface area contributed by atoms with Gasteiger partial charge in [-0.25, -0.2) is 0 Å². The number of nitrogens with zero attached hydrogens (tertiary/aromatic N) is 2. The second-order valence-corrected chi connectivity index (χ2v) is 4.15. The summed E-state index contributed by atoms with van der Waals surface area (Å²) in [5.41, 5.74) is 0. The zero-order chi connectivity index (χ0) is 19.1. The van der Waals surface area contributed by atoms with Gasteiger partial charge in [-0.3, -0.25) is 19.2 Å². The molecule has 0 aromatic rings. The number of ether oxygens (including phenoxy) is 4. The van der Waals surface area contributed by atoms with Crippen LogP contribution in [0.1, 0.15) is 12.8 Å². The number of esters is 4. The average Bonchev–Trinajstić information content (AvgIpc) is 2.62. The number of rotatable bonds is 8. The maximum absolute atomic E-state index is 10.9. The minimum atomic E-state index is -0.748. The first-order chi connectivity index (χ1) is 11.3. The standard InChI is InChI=1S/2C7H12NO4.Y/c2*1-8-5(7(10)12-3)4-6(9)11-2;/h2*5H,4H2,1-3H3;/q2*-1;+3. The molecule has 0 amide bonds. The van der Waals surface area contributed by atoms with E-state index in [4.69, 9.17) is 0 Å². The van der Waals surface area contributed by atoms with Gasteiger partial charge in [0.1, 0.15) is 0 Å². The molecule has 0 saturated carbocycles. The van der Waals surface area contributed by atoms with E-state index in [9.17, 15) is 19.2 Å². The molecule has 140 valence electrons. The zero-order valence-corrected chi connectivity index (χ0v) is 18.1. The van der Waals surface area contributed by atoms with Crippen LogP contribution >= 0.6 is 0 Å². The SMILES string of the molecule is C[N-]C(CC(=O)OC)C(=O)OC.C[N-]C(CC(=O)OC)C(=O)OC.[Y+3]. The van der Waals surface area contributed by atoms with Crippen LogP contribution in [0.5, 0.6) is 0 Å². The number of methoxy groups -OCH3 is 4. The molecule has 0 heterocycles. The smallest absolute Gasteiger partial charge is 0.652 e. The van der Waals surface area contributed by atoms with E-state index < -0.39 is 36.0 Å². The van der Waals surface area contributed by atoms with Crippen molar-refractivity contribution in [3.8, 4) is 0 Å². The van der Waals surface area contributed by atoms with Crippen molar-refractivity contribution in [1.29, 1.82) is 0 Å². The van der Waals surface area contributed by atoms with Gasteiger partial charge in [0.25, 0.3) is 11.9 Å². The molecule has 0 bridgehead atoms. The maximum Gasteiger partial charge on any atom is 3.00 e. The van der Waals surface area contributed by atoms with E-state index in [1.165, 1.54) is 42.5 Å². The summed E-state index contributed by atoms with van der Waals surface area (Å²) in [4.78, 5) is 43.2. The summed E-state index contributed by atoms with van der Waals surface area (Å²) < 4.78 is 17.6. The van der Waals surface area contributed by atoms with Crippen LogP contribution in [0, 0.1) is 0 Å². The molecule has 0 saturated heterocycles. The Morgan fingerprint density at radius 1 is 0.680 bits per heavy atom. The summed E-state index contributed by atoms with van der Waals surface area (Å²) in [6.45, 7) is 0. The molecule has 2 atom stereocenters. The van der Waals surface area contributed by atoms with Gasteiger partial charge in [-0.15, -0.1) is 0 Å². The van der Waals surface area contributed by atoms with Gasteiger partial charge in [0, 0.05) is 12.8 Å². The molecule has 0 aromatic heterocycles. The summed E-state index contributed by atoms with van der Waals surface area (Å²) in [5.74, 6) is -2.00. The molecule has 0 fully saturated rings. The van der Waals surface area contributed by atoms with Crippen molar-refractivity contribution < 1.29 is 70.8 Å². The van der Waals surface area contributed by atoms with Crippen molar-refractivity contribution in [2.24, 2.45) is 0 Å². The van der Waals surface area contributed by atoms with Gasteiger partial charge in [0.15, 0.2) is 0 Å². The van der Waals surface area contributed by atoms with E-state index in [0.717, 1.165) is 0 Å². The first-order valence-corrected chi connectivity index (χ1v) is 6.78. The Labute approximate surface area is 172 Å². The van der Waals surface area contributed by atoms with E-state index in [1.54, 1.807) is 0 Å². The van der Waals surface area contributed by atoms with Crippen LogP contribution in [0.2, 0.25) is 0 Å². The largest absolute Gasteiger partial charge is 3.00 e. The van der Waals surface area contributed by atoms with Gasteiger partial charge in [-0.05, 0) is 12.1 Å². The van der Waals surface area contributed by atoms with Crippen LogP contribution in [0.3, 0.4) is 0 Å². The van der Waals surface area contributed by atoms with Crippen molar-refractivity contribution in [1.82, 2.24) is 0 Å². The van der Waals surface area contributed by atoms with Crippen molar-refractivity contribution in [2.75, 3.05) is 42.5 Å². The van der Waals surface area contributed by atoms with Crippen LogP contribution < -0.4 is 0 Å². The fraction of sp³-hybridized carbons (Fsp3) is 0.714. The van der Waals surface area contributed by atoms with E-state index in [-0.39, 0.29) is 45.6 Å². The molecule has 0 N–H and O–H groups in total. The molecule has 0 aliphatic carbocycles. The van der Waals surface area contributed by atoms with Crippen LogP contribution in [0.25, 0.3) is 10.6 Å². The molecule has 0 rings (SSSR count). The Morgan fingerprint density at radius 2 is 0.960 bits per heavy atom. The van der Waals surface area contributed by atoms with Crippen molar-refractivity contribution in [2.45, 2.75) is 24.9 Å². The van der Waals surface area contributed by atoms with Crippen molar-refractivity contribution in [3.63, 3.8) is 0 Å². The normalized spacial score (nSPS) is 11.4. The third-order valence-electron chi connectivity index (χ3n) is 2.75. The average molecular weight is 437 g/mol. The van der Waals surface area contributed by atoms with Gasteiger partial charge < -0.3 is 29.6 Å². The Kier molecular flexibility index (Phi) is 20.3. The predicted molar refractivity (Wildman–Crippen MR) is 83.4 cm³/mol. The van der Waals surface area contributed by atoms with Gasteiger partial charge in [-0.1, -0.05) is 0 Å². The number of carbonyl (C=O) groups is 4. The summed E-state index contributed by atoms with van der Waals surface area (Å²) in [6.07, 6.45) is -0.140. The maximum atomic E-state index is 10.9. The summed E-state index contributed by atoms with van der Waals surface area (Å²) in [6, 6.07) is -1.50. The van der Waals surface area contributed by atoms with Gasteiger partial charge in [0.05, 0.1) is 28.4 Å². The number of carbonyl (C=O) groups excluding carboxylic acids is 4. The molecule has 2 unspecified atom stereocenters. The fourth-order valence-corrected chi connectivity index (χ4v) is 1.31. The van der Waals surface area contributed by atoms with Gasteiger partial charge in [0.2, 0.25) is 0 Å². The first kappa shape index (κ1) is 28.7. The van der Waals surface area contributed by atoms with E-state index in [1.807, 2.05) is 0 Å². The fourth-order valence-electron chi connectivity index (χ4n) is 1.31. The summed E-state index contributed by atoms with van der Waals surface area (Å²) in [7, 11) is 7.91. The van der Waals surface area contributed by atoms with Crippen LogP contribution in [0.15, 0.2) is 0 Å². The molecule has 0 spiro atoms. The van der Waals surface area contributed by atoms with Crippen LogP contribution in [0.4, 0.5) is 0 Å². The topological polar surface area (TPSA) is 133 Å². The number of hydrogen-bond acceptors (Lipinski definition) is 8. The molecular formula is C14H24N2O8Y+. The van der Waals surface area contributed by atoms with Crippen LogP contribution in [-0.4, -0.2) is 78.5 Å². The summed E-state index contributed by atoms with van der Waals surface area (Å²) in [5, 5.41) is 7.34. The molecule has 0 radical (unpaired) electrons. The second-order valence-electron chi connectivity index (χ2n) is 4.15. The van der Waals surface area contributed by atoms with E-state index in [0.29, 0.717) is 0 Å². The molecule has 0 aromatic carbocycles. The number of hydrogen-bond donors (Lipinski definition) is 0. The third-order valence-corrected chi connectivity index (χ3v) is 2.75. The minimum absolute atomic E-state index is 0. The molecular weight excluding hydrogens is 413 g/mol. The quantitative estimate of drug-likeness (QED) is 0.388. The van der Waals surface area contributed by atoms with Crippen LogP contribution in [-0.2, 0) is 70.8 Å². The molecule has 25 heavy (non-hydrogen) atoms. The number of likely N-dealkylation sites (N-methyl/N-ethyl adjacent to an activating group) is 2. The monoisotopic (exact) mass is 437 g/mol. The van der Waals surface area contributed by atoms with Crippen molar-refractivity contribution in [3.05, 3.63) is 10.6 Å². The third kappa shape index (κ3) is 13.8. The second kappa shape index (κ2) is 17.7. The Hall–Kier alpha value is -1.10. The molecule has 10 nitrogen and oxygen atoms in total. The Bertz CT molecular complexity index is 382. The van der Waals surface area contributed by atoms with E-state index in [2.05, 4.69) is 29.6 Å². The Balaban J connectivity index is -0.000000372. The zero-order valence-electron chi connectivity index (χ0n) is 15.3. The van der Waals surface area contributed by atoms with Crippen molar-refractivity contribution >= 4 is 23.9 Å². The predicted octanol–water partition coefficient (Wildman–Crippen LogP) is 0.187. The minimum Gasteiger partial charge on any atom is -0.652 e. The molecule has 0 aliphatic heterocycles. The molecule has 11 heteroatoms. The van der Waals surface area contributed by atoms with Gasteiger partial charge >= 0.3 is 44.6 Å². The van der Waals surface area contributed by atoms with E-state index >= 15 is 0 Å². The molecule has 0 aliphatic rings.